The van der Waals surface area contributed by atoms with Crippen LogP contribution in [-0.2, 0) is 4.79 Å². The van der Waals surface area contributed by atoms with Crippen LogP contribution in [-0.4, -0.2) is 29.2 Å². The van der Waals surface area contributed by atoms with Crippen LogP contribution in [0.25, 0.3) is 0 Å². The lowest BCUT2D eigenvalue weighted by molar-refractivity contribution is -0.128. The first-order chi connectivity index (χ1) is 4.41. The average Bonchev–Trinajstić information content (AvgIpc) is 1.86. The molecule has 0 atom stereocenters. The van der Waals surface area contributed by atoms with Crippen LogP contribution >= 0.6 is 23.2 Å². The van der Waals surface area contributed by atoms with Crippen LogP contribution in [0.3, 0.4) is 0 Å². The molecule has 1 amide bonds. The zero-order chi connectivity index (χ0) is 8.36. The molecule has 0 unspecified atom stereocenters. The Balaban J connectivity index is 4.38. The van der Waals surface area contributed by atoms with Crippen LogP contribution in [0.4, 0.5) is 0 Å². The molecular weight excluding hydrogens is 175 g/mol. The third kappa shape index (κ3) is 2.05. The zero-order valence-electron chi connectivity index (χ0n) is 5.56. The number of hydrogen-bond donors (Lipinski definition) is 0. The van der Waals surface area contributed by atoms with E-state index in [1.165, 1.54) is 20.2 Å². The predicted molar refractivity (Wildman–Crippen MR) is 38.7 cm³/mol. The highest BCUT2D eigenvalue weighted by atomic mass is 35.5. The van der Waals surface area contributed by atoms with E-state index < -0.39 is 10.2 Å². The SMILES string of the molecule is CN(C)C(=O)C(Cl)(Cl)C#N. The topological polar surface area (TPSA) is 44.1 Å². The summed E-state index contributed by atoms with van der Waals surface area (Å²) in [6, 6.07) is 1.46. The molecule has 0 aliphatic carbocycles. The molecule has 0 saturated carbocycles. The molecule has 5 heteroatoms. The minimum absolute atomic E-state index is 0.627. The van der Waals surface area contributed by atoms with E-state index in [0.717, 1.165) is 4.90 Å². The number of hydrogen-bond acceptors (Lipinski definition) is 2. The third-order valence-corrected chi connectivity index (χ3v) is 1.31. The summed E-state index contributed by atoms with van der Waals surface area (Å²) in [5, 5.41) is 8.25. The molecule has 0 radical (unpaired) electrons. The van der Waals surface area contributed by atoms with Crippen LogP contribution in [0.2, 0.25) is 0 Å². The van der Waals surface area contributed by atoms with E-state index >= 15 is 0 Å². The predicted octanol–water partition coefficient (Wildman–Crippen LogP) is 0.772. The highest BCUT2D eigenvalue weighted by molar-refractivity contribution is 6.60. The lowest BCUT2D eigenvalue weighted by Crippen LogP contribution is -2.36. The van der Waals surface area contributed by atoms with Gasteiger partial charge in [0.2, 0.25) is 0 Å². The van der Waals surface area contributed by atoms with Gasteiger partial charge in [0.25, 0.3) is 10.2 Å². The van der Waals surface area contributed by atoms with E-state index in [1.54, 1.807) is 0 Å². The molecule has 0 aliphatic rings. The number of carbonyl (C=O) groups is 1. The molecule has 0 spiro atoms. The van der Waals surface area contributed by atoms with Crippen molar-refractivity contribution in [3.63, 3.8) is 0 Å². The van der Waals surface area contributed by atoms with E-state index in [-0.39, 0.29) is 0 Å². The molecule has 0 fully saturated rings. The van der Waals surface area contributed by atoms with Crippen LogP contribution < -0.4 is 0 Å². The molecule has 0 heterocycles. The second kappa shape index (κ2) is 3.09. The quantitative estimate of drug-likeness (QED) is 0.560. The van der Waals surface area contributed by atoms with Crippen LogP contribution in [0.1, 0.15) is 0 Å². The van der Waals surface area contributed by atoms with Crippen molar-refractivity contribution < 1.29 is 4.79 Å². The summed E-state index contributed by atoms with van der Waals surface area (Å²) >= 11 is 10.6. The number of halogens is 2. The van der Waals surface area contributed by atoms with E-state index in [4.69, 9.17) is 28.5 Å². The summed E-state index contributed by atoms with van der Waals surface area (Å²) in [4.78, 5) is 12.0. The van der Waals surface area contributed by atoms with Gasteiger partial charge in [-0.15, -0.1) is 0 Å². The van der Waals surface area contributed by atoms with E-state index in [1.807, 2.05) is 0 Å². The number of nitriles is 1. The molecule has 0 N–H and O–H groups in total. The minimum Gasteiger partial charge on any atom is -0.345 e. The molecule has 56 valence electrons. The fourth-order valence-corrected chi connectivity index (χ4v) is 0.667. The van der Waals surface area contributed by atoms with Crippen LogP contribution in [0, 0.1) is 11.3 Å². The second-order valence-electron chi connectivity index (χ2n) is 1.89. The van der Waals surface area contributed by atoms with Gasteiger partial charge in [-0.25, -0.2) is 0 Å². The number of carbonyl (C=O) groups excluding carboxylic acids is 1. The standard InChI is InChI=1S/C5H6Cl2N2O/c1-9(2)4(10)5(6,7)3-8/h1-2H3. The average molecular weight is 181 g/mol. The molecule has 0 saturated heterocycles. The first kappa shape index (κ1) is 9.54. The number of rotatable bonds is 1. The molecular formula is C5H6Cl2N2O. The monoisotopic (exact) mass is 180 g/mol. The third-order valence-electron chi connectivity index (χ3n) is 0.815. The molecule has 3 nitrogen and oxygen atoms in total. The van der Waals surface area contributed by atoms with Gasteiger partial charge >= 0.3 is 0 Å². The Hall–Kier alpha value is -0.460. The van der Waals surface area contributed by atoms with Crippen molar-refractivity contribution in [2.75, 3.05) is 14.1 Å². The Morgan fingerprint density at radius 1 is 1.60 bits per heavy atom. The normalized spacial score (nSPS) is 10.3. The molecule has 0 aromatic carbocycles. The van der Waals surface area contributed by atoms with E-state index in [9.17, 15) is 4.79 Å². The Labute approximate surface area is 69.1 Å². The summed E-state index contributed by atoms with van der Waals surface area (Å²) < 4.78 is -1.94. The van der Waals surface area contributed by atoms with Crippen molar-refractivity contribution in [1.82, 2.24) is 4.90 Å². The summed E-state index contributed by atoms with van der Waals surface area (Å²) in [6.07, 6.45) is 0. The van der Waals surface area contributed by atoms with Gasteiger partial charge < -0.3 is 4.90 Å². The maximum Gasteiger partial charge on any atom is 0.281 e. The number of nitrogens with zero attached hydrogens (tertiary/aromatic N) is 2. The van der Waals surface area contributed by atoms with Gasteiger partial charge in [-0.05, 0) is 0 Å². The number of amides is 1. The van der Waals surface area contributed by atoms with Gasteiger partial charge in [0.15, 0.2) is 0 Å². The lowest BCUT2D eigenvalue weighted by atomic mass is 10.4. The van der Waals surface area contributed by atoms with Crippen molar-refractivity contribution in [2.45, 2.75) is 4.33 Å². The molecule has 0 rings (SSSR count). The molecule has 10 heavy (non-hydrogen) atoms. The summed E-state index contributed by atoms with van der Waals surface area (Å²) in [7, 11) is 2.94. The molecule has 0 aliphatic heterocycles. The highest BCUT2D eigenvalue weighted by Crippen LogP contribution is 2.21. The van der Waals surface area contributed by atoms with Gasteiger partial charge in [0, 0.05) is 14.1 Å². The molecule has 0 aromatic heterocycles. The van der Waals surface area contributed by atoms with Crippen molar-refractivity contribution in [3.05, 3.63) is 0 Å². The van der Waals surface area contributed by atoms with E-state index in [2.05, 4.69) is 0 Å². The smallest absolute Gasteiger partial charge is 0.281 e. The fourth-order valence-electron chi connectivity index (χ4n) is 0.329. The zero-order valence-corrected chi connectivity index (χ0v) is 7.07. The van der Waals surface area contributed by atoms with Gasteiger partial charge in [0.05, 0.1) is 0 Å². The largest absolute Gasteiger partial charge is 0.345 e. The maximum atomic E-state index is 10.8. The van der Waals surface area contributed by atoms with Crippen molar-refractivity contribution in [1.29, 1.82) is 5.26 Å². The highest BCUT2D eigenvalue weighted by Gasteiger charge is 2.34. The van der Waals surface area contributed by atoms with Gasteiger partial charge in [0.1, 0.15) is 6.07 Å². The van der Waals surface area contributed by atoms with Crippen molar-refractivity contribution >= 4 is 29.1 Å². The van der Waals surface area contributed by atoms with Crippen LogP contribution in [0.5, 0.6) is 0 Å². The first-order valence-corrected chi connectivity index (χ1v) is 3.18. The molecule has 0 bridgehead atoms. The van der Waals surface area contributed by atoms with Gasteiger partial charge in [-0.2, -0.15) is 5.26 Å². The Morgan fingerprint density at radius 2 is 2.00 bits per heavy atom. The van der Waals surface area contributed by atoms with E-state index in [0.29, 0.717) is 0 Å². The summed E-state index contributed by atoms with van der Waals surface area (Å²) in [5.41, 5.74) is 0. The minimum atomic E-state index is -1.94. The second-order valence-corrected chi connectivity index (χ2v) is 3.21. The van der Waals surface area contributed by atoms with Gasteiger partial charge in [-0.3, -0.25) is 4.79 Å². The summed E-state index contributed by atoms with van der Waals surface area (Å²) in [5.74, 6) is -0.627. The van der Waals surface area contributed by atoms with Crippen molar-refractivity contribution in [2.24, 2.45) is 0 Å². The lowest BCUT2D eigenvalue weighted by Gasteiger charge is -2.15. The van der Waals surface area contributed by atoms with Crippen LogP contribution in [0.15, 0.2) is 0 Å². The Kier molecular flexibility index (Phi) is 2.95. The van der Waals surface area contributed by atoms with Gasteiger partial charge in [-0.1, -0.05) is 23.2 Å². The summed E-state index contributed by atoms with van der Waals surface area (Å²) in [6.45, 7) is 0. The molecule has 0 aromatic rings. The number of alkyl halides is 2. The van der Waals surface area contributed by atoms with Crippen molar-refractivity contribution in [3.8, 4) is 6.07 Å². The first-order valence-electron chi connectivity index (χ1n) is 2.42. The Bertz CT molecular complexity index is 183. The maximum absolute atomic E-state index is 10.8. The fraction of sp³-hybridized carbons (Fsp3) is 0.600. The Morgan fingerprint density at radius 3 is 2.10 bits per heavy atom.